The molecule has 2 rings (SSSR count). The van der Waals surface area contributed by atoms with Crippen LogP contribution in [0.4, 0.5) is 5.69 Å². The number of halogens is 1. The van der Waals surface area contributed by atoms with Gasteiger partial charge in [-0.05, 0) is 37.1 Å². The Morgan fingerprint density at radius 2 is 2.12 bits per heavy atom. The number of nitrogens with zero attached hydrogens (tertiary/aromatic N) is 2. The number of nitro groups is 1. The molecule has 1 amide bonds. The van der Waals surface area contributed by atoms with E-state index in [4.69, 9.17) is 16.3 Å². The van der Waals surface area contributed by atoms with Gasteiger partial charge in [-0.1, -0.05) is 30.7 Å². The second kappa shape index (κ2) is 8.96. The Labute approximate surface area is 155 Å². The molecule has 0 aliphatic heterocycles. The first-order valence-corrected chi connectivity index (χ1v) is 8.26. The first-order valence-electron chi connectivity index (χ1n) is 7.89. The third-order valence-corrected chi connectivity index (χ3v) is 3.82. The highest BCUT2D eigenvalue weighted by Crippen LogP contribution is 2.22. The van der Waals surface area contributed by atoms with Crippen molar-refractivity contribution in [1.29, 1.82) is 0 Å². The van der Waals surface area contributed by atoms with E-state index in [9.17, 15) is 14.9 Å². The van der Waals surface area contributed by atoms with Gasteiger partial charge in [-0.15, -0.1) is 0 Å². The highest BCUT2D eigenvalue weighted by Gasteiger charge is 2.12. The molecule has 0 saturated carbocycles. The summed E-state index contributed by atoms with van der Waals surface area (Å²) in [7, 11) is 0. The van der Waals surface area contributed by atoms with Crippen molar-refractivity contribution in [3.8, 4) is 5.75 Å². The van der Waals surface area contributed by atoms with Crippen LogP contribution in [0.3, 0.4) is 0 Å². The van der Waals surface area contributed by atoms with E-state index < -0.39 is 10.8 Å². The Balaban J connectivity index is 1.92. The molecule has 0 aromatic heterocycles. The van der Waals surface area contributed by atoms with Crippen LogP contribution in [0.1, 0.15) is 23.6 Å². The molecule has 0 radical (unpaired) electrons. The van der Waals surface area contributed by atoms with Crippen LogP contribution in [0.5, 0.6) is 5.75 Å². The Morgan fingerprint density at radius 1 is 1.35 bits per heavy atom. The lowest BCUT2D eigenvalue weighted by Crippen LogP contribution is -2.24. The fourth-order valence-corrected chi connectivity index (χ4v) is 2.49. The van der Waals surface area contributed by atoms with Crippen molar-refractivity contribution < 1.29 is 14.5 Å². The Morgan fingerprint density at radius 3 is 2.77 bits per heavy atom. The van der Waals surface area contributed by atoms with Crippen LogP contribution in [-0.2, 0) is 11.2 Å². The van der Waals surface area contributed by atoms with Crippen molar-refractivity contribution in [1.82, 2.24) is 5.43 Å². The summed E-state index contributed by atoms with van der Waals surface area (Å²) in [6, 6.07) is 9.89. The van der Waals surface area contributed by atoms with Crippen LogP contribution in [0.2, 0.25) is 5.02 Å². The average molecular weight is 376 g/mol. The molecule has 0 saturated heterocycles. The zero-order valence-corrected chi connectivity index (χ0v) is 15.1. The van der Waals surface area contributed by atoms with Gasteiger partial charge in [-0.3, -0.25) is 14.9 Å². The molecule has 8 heteroatoms. The summed E-state index contributed by atoms with van der Waals surface area (Å²) in [5, 5.41) is 15.4. The Hall–Kier alpha value is -2.93. The van der Waals surface area contributed by atoms with Gasteiger partial charge in [-0.2, -0.15) is 5.10 Å². The van der Waals surface area contributed by atoms with Crippen molar-refractivity contribution in [3.05, 3.63) is 68.2 Å². The van der Waals surface area contributed by atoms with E-state index in [0.717, 1.165) is 5.56 Å². The molecule has 0 atom stereocenters. The van der Waals surface area contributed by atoms with Crippen LogP contribution in [0.25, 0.3) is 0 Å². The van der Waals surface area contributed by atoms with Gasteiger partial charge in [-0.25, -0.2) is 5.43 Å². The summed E-state index contributed by atoms with van der Waals surface area (Å²) in [6.45, 7) is 3.46. The third-order valence-electron chi connectivity index (χ3n) is 3.59. The summed E-state index contributed by atoms with van der Waals surface area (Å²) in [5.41, 5.74) is 4.33. The molecular weight excluding hydrogens is 358 g/mol. The maximum atomic E-state index is 11.8. The number of rotatable bonds is 7. The number of hydrazone groups is 1. The van der Waals surface area contributed by atoms with E-state index in [1.807, 2.05) is 13.8 Å². The van der Waals surface area contributed by atoms with E-state index in [1.165, 1.54) is 12.3 Å². The lowest BCUT2D eigenvalue weighted by atomic mass is 10.1. The summed E-state index contributed by atoms with van der Waals surface area (Å²) in [5.74, 6) is 0.106. The molecular formula is C18H18ClN3O4. The van der Waals surface area contributed by atoms with Crippen molar-refractivity contribution in [3.63, 3.8) is 0 Å². The minimum absolute atomic E-state index is 0.0318. The molecule has 0 spiro atoms. The zero-order chi connectivity index (χ0) is 19.1. The molecule has 0 bridgehead atoms. The number of carbonyl (C=O) groups excluding carboxylic acids is 1. The minimum Gasteiger partial charge on any atom is -0.483 e. The van der Waals surface area contributed by atoms with Gasteiger partial charge >= 0.3 is 0 Å². The maximum absolute atomic E-state index is 11.8. The summed E-state index contributed by atoms with van der Waals surface area (Å²) < 4.78 is 5.40. The van der Waals surface area contributed by atoms with Gasteiger partial charge in [0.15, 0.2) is 6.61 Å². The fraction of sp³-hybridized carbons (Fsp3) is 0.222. The predicted molar refractivity (Wildman–Crippen MR) is 99.9 cm³/mol. The minimum atomic E-state index is -0.449. The van der Waals surface area contributed by atoms with Gasteiger partial charge in [0.25, 0.3) is 11.6 Å². The quantitative estimate of drug-likeness (QED) is 0.454. The number of benzene rings is 2. The third kappa shape index (κ3) is 5.29. The first-order chi connectivity index (χ1) is 12.4. The number of hydrogen-bond acceptors (Lipinski definition) is 5. The number of ether oxygens (including phenoxy) is 1. The fourth-order valence-electron chi connectivity index (χ4n) is 2.26. The molecule has 7 nitrogen and oxygen atoms in total. The molecule has 1 N–H and O–H groups in total. The van der Waals surface area contributed by atoms with Crippen molar-refractivity contribution in [2.75, 3.05) is 6.61 Å². The lowest BCUT2D eigenvalue weighted by molar-refractivity contribution is -0.385. The van der Waals surface area contributed by atoms with Crippen molar-refractivity contribution in [2.24, 2.45) is 5.10 Å². The van der Waals surface area contributed by atoms with Crippen molar-refractivity contribution in [2.45, 2.75) is 20.3 Å². The Bertz CT molecular complexity index is 852. The van der Waals surface area contributed by atoms with E-state index in [1.54, 1.807) is 30.3 Å². The standard InChI is InChI=1S/C18H18ClN3O4/c1-3-14-5-4-13(9-16(14)22(24)25)10-20-21-18(23)11-26-17-7-6-15(19)8-12(17)2/h4-10H,3,11H2,1-2H3,(H,21,23)/b20-10-. The second-order valence-corrected chi connectivity index (χ2v) is 5.93. The van der Waals surface area contributed by atoms with Gasteiger partial charge in [0.05, 0.1) is 11.1 Å². The number of amides is 1. The van der Waals surface area contributed by atoms with Crippen LogP contribution in [0.15, 0.2) is 41.5 Å². The topological polar surface area (TPSA) is 93.8 Å². The number of aryl methyl sites for hydroxylation is 2. The summed E-state index contributed by atoms with van der Waals surface area (Å²) >= 11 is 5.86. The normalized spacial score (nSPS) is 10.7. The van der Waals surface area contributed by atoms with Gasteiger partial charge in [0.2, 0.25) is 0 Å². The Kier molecular flexibility index (Phi) is 6.68. The SMILES string of the molecule is CCc1ccc(/C=N\NC(=O)COc2ccc(Cl)cc2C)cc1[N+](=O)[O-]. The van der Waals surface area contributed by atoms with Gasteiger partial charge in [0, 0.05) is 22.2 Å². The predicted octanol–water partition coefficient (Wildman–Crippen LogP) is 3.65. The molecule has 136 valence electrons. The second-order valence-electron chi connectivity index (χ2n) is 5.49. The maximum Gasteiger partial charge on any atom is 0.277 e. The number of nitro benzene ring substituents is 1. The molecule has 0 unspecified atom stereocenters. The van der Waals surface area contributed by atoms with Gasteiger partial charge in [0.1, 0.15) is 5.75 Å². The van der Waals surface area contributed by atoms with E-state index in [-0.39, 0.29) is 12.3 Å². The zero-order valence-electron chi connectivity index (χ0n) is 14.4. The summed E-state index contributed by atoms with van der Waals surface area (Å²) in [4.78, 5) is 22.4. The number of nitrogens with one attached hydrogen (secondary N) is 1. The van der Waals surface area contributed by atoms with E-state index >= 15 is 0 Å². The van der Waals surface area contributed by atoms with Gasteiger partial charge < -0.3 is 4.74 Å². The number of carbonyl (C=O) groups is 1. The van der Waals surface area contributed by atoms with Crippen LogP contribution >= 0.6 is 11.6 Å². The smallest absolute Gasteiger partial charge is 0.277 e. The van der Waals surface area contributed by atoms with Crippen LogP contribution < -0.4 is 10.2 Å². The average Bonchev–Trinajstić information content (AvgIpc) is 2.60. The van der Waals surface area contributed by atoms with E-state index in [2.05, 4.69) is 10.5 Å². The highest BCUT2D eigenvalue weighted by molar-refractivity contribution is 6.30. The highest BCUT2D eigenvalue weighted by atomic mass is 35.5. The first kappa shape index (κ1) is 19.4. The number of hydrogen-bond donors (Lipinski definition) is 1. The van der Waals surface area contributed by atoms with Crippen LogP contribution in [-0.4, -0.2) is 23.7 Å². The molecule has 0 aliphatic carbocycles. The molecule has 0 heterocycles. The van der Waals surface area contributed by atoms with Crippen molar-refractivity contribution >= 4 is 29.4 Å². The molecule has 2 aromatic rings. The molecule has 0 aliphatic rings. The molecule has 26 heavy (non-hydrogen) atoms. The molecule has 2 aromatic carbocycles. The lowest BCUT2D eigenvalue weighted by Gasteiger charge is -2.08. The molecule has 0 fully saturated rings. The largest absolute Gasteiger partial charge is 0.483 e. The van der Waals surface area contributed by atoms with Crippen LogP contribution in [0, 0.1) is 17.0 Å². The monoisotopic (exact) mass is 375 g/mol. The van der Waals surface area contributed by atoms with E-state index in [0.29, 0.717) is 28.3 Å². The summed E-state index contributed by atoms with van der Waals surface area (Å²) in [6.07, 6.45) is 1.91.